The number of nitrogens with zero attached hydrogens (tertiary/aromatic N) is 2. The second-order valence-electron chi connectivity index (χ2n) is 7.78. The van der Waals surface area contributed by atoms with E-state index in [-0.39, 0.29) is 24.3 Å². The van der Waals surface area contributed by atoms with Gasteiger partial charge in [-0.2, -0.15) is 0 Å². The molecule has 0 amide bonds. The summed E-state index contributed by atoms with van der Waals surface area (Å²) >= 11 is 0. The van der Waals surface area contributed by atoms with Gasteiger partial charge in [-0.3, -0.25) is 0 Å². The average Bonchev–Trinajstić information content (AvgIpc) is 3.38. The van der Waals surface area contributed by atoms with Gasteiger partial charge in [-0.05, 0) is 25.0 Å². The first-order valence-corrected chi connectivity index (χ1v) is 13.5. The van der Waals surface area contributed by atoms with Gasteiger partial charge in [0.25, 0.3) is 12.0 Å². The van der Waals surface area contributed by atoms with E-state index in [1.807, 2.05) is 58.0 Å². The summed E-state index contributed by atoms with van der Waals surface area (Å²) in [7, 11) is 3.62. The molecule has 0 spiro atoms. The van der Waals surface area contributed by atoms with Crippen molar-refractivity contribution in [3.8, 4) is 0 Å². The summed E-state index contributed by atoms with van der Waals surface area (Å²) in [6.45, 7) is 5.70. The minimum absolute atomic E-state index is 0.0201. The van der Waals surface area contributed by atoms with Crippen LogP contribution in [0, 0.1) is 0 Å². The molecule has 4 atom stereocenters. The van der Waals surface area contributed by atoms with Gasteiger partial charge in [0.15, 0.2) is 0 Å². The molecular formula is C24H30N4O2S2. The van der Waals surface area contributed by atoms with Crippen LogP contribution in [0.3, 0.4) is 0 Å². The maximum Gasteiger partial charge on any atom is 0.285 e. The molecule has 0 radical (unpaired) electrons. The highest BCUT2D eigenvalue weighted by Gasteiger charge is 2.31. The van der Waals surface area contributed by atoms with Crippen molar-refractivity contribution < 1.29 is 9.47 Å². The summed E-state index contributed by atoms with van der Waals surface area (Å²) in [6, 6.07) is 22.3. The molecule has 2 N–H and O–H groups in total. The van der Waals surface area contributed by atoms with Gasteiger partial charge in [-0.1, -0.05) is 82.3 Å². The molecule has 170 valence electrons. The van der Waals surface area contributed by atoms with Crippen LogP contribution in [-0.2, 0) is 9.47 Å². The SMILES string of the molecule is CC1NC(=NCCSSCCN=C2NC(C)C(c3ccccc3)O2)OC1c1ccccc1. The van der Waals surface area contributed by atoms with Crippen molar-refractivity contribution in [3.05, 3.63) is 71.8 Å². The van der Waals surface area contributed by atoms with E-state index in [2.05, 4.69) is 58.7 Å². The van der Waals surface area contributed by atoms with Crippen LogP contribution in [0.1, 0.15) is 37.2 Å². The van der Waals surface area contributed by atoms with Crippen molar-refractivity contribution in [3.63, 3.8) is 0 Å². The lowest BCUT2D eigenvalue weighted by atomic mass is 10.0. The van der Waals surface area contributed by atoms with E-state index in [4.69, 9.17) is 9.47 Å². The number of hydrogen-bond acceptors (Lipinski definition) is 6. The number of amidine groups is 2. The van der Waals surface area contributed by atoms with Crippen molar-refractivity contribution in [1.29, 1.82) is 0 Å². The average molecular weight is 471 g/mol. The van der Waals surface area contributed by atoms with E-state index in [0.717, 1.165) is 24.6 Å². The van der Waals surface area contributed by atoms with Crippen molar-refractivity contribution in [2.75, 3.05) is 24.6 Å². The first-order chi connectivity index (χ1) is 15.7. The van der Waals surface area contributed by atoms with Gasteiger partial charge in [-0.25, -0.2) is 9.98 Å². The standard InChI is InChI=1S/C24H30N4O2S2/c1-17-21(19-9-5-3-6-10-19)29-23(27-17)25-13-15-31-32-16-14-26-24-28-18(2)22(30-24)20-11-7-4-8-12-20/h3-12,17-18,21-22H,13-16H2,1-2H3,(H,25,27)(H,26,28). The zero-order valence-corrected chi connectivity index (χ0v) is 20.1. The van der Waals surface area contributed by atoms with Crippen LogP contribution in [0.2, 0.25) is 0 Å². The minimum Gasteiger partial charge on any atom is -0.455 e. The highest BCUT2D eigenvalue weighted by atomic mass is 33.1. The van der Waals surface area contributed by atoms with Gasteiger partial charge in [0, 0.05) is 11.5 Å². The Morgan fingerprint density at radius 1 is 0.688 bits per heavy atom. The molecule has 4 unspecified atom stereocenters. The Labute approximate surface area is 198 Å². The first kappa shape index (κ1) is 22.9. The number of hydrogen-bond donors (Lipinski definition) is 2. The van der Waals surface area contributed by atoms with Gasteiger partial charge in [0.05, 0.1) is 25.2 Å². The van der Waals surface area contributed by atoms with Crippen LogP contribution in [-0.4, -0.2) is 48.7 Å². The molecule has 6 nitrogen and oxygen atoms in total. The quantitative estimate of drug-likeness (QED) is 0.413. The second kappa shape index (κ2) is 11.5. The number of rotatable bonds is 9. The summed E-state index contributed by atoms with van der Waals surface area (Å²) in [5, 5.41) is 6.67. The first-order valence-electron chi connectivity index (χ1n) is 11.0. The Kier molecular flexibility index (Phi) is 8.23. The molecule has 8 heteroatoms. The molecule has 0 bridgehead atoms. The molecule has 0 aromatic heterocycles. The van der Waals surface area contributed by atoms with Crippen LogP contribution in [0.4, 0.5) is 0 Å². The van der Waals surface area contributed by atoms with Crippen LogP contribution in [0.25, 0.3) is 0 Å². The summed E-state index contributed by atoms with van der Waals surface area (Å²) in [5.41, 5.74) is 2.35. The predicted molar refractivity (Wildman–Crippen MR) is 135 cm³/mol. The second-order valence-corrected chi connectivity index (χ2v) is 10.5. The Bertz CT molecular complexity index is 835. The maximum atomic E-state index is 6.00. The molecule has 4 rings (SSSR count). The normalized spacial score (nSPS) is 27.1. The number of nitrogens with one attached hydrogen (secondary N) is 2. The van der Waals surface area contributed by atoms with E-state index >= 15 is 0 Å². The monoisotopic (exact) mass is 470 g/mol. The van der Waals surface area contributed by atoms with Crippen molar-refractivity contribution in [2.24, 2.45) is 9.98 Å². The largest absolute Gasteiger partial charge is 0.455 e. The summed E-state index contributed by atoms with van der Waals surface area (Å²) in [4.78, 5) is 9.13. The fraction of sp³-hybridized carbons (Fsp3) is 0.417. The third kappa shape index (κ3) is 6.13. The van der Waals surface area contributed by atoms with Gasteiger partial charge in [0.1, 0.15) is 12.2 Å². The lowest BCUT2D eigenvalue weighted by Gasteiger charge is -2.12. The molecule has 2 aromatic carbocycles. The van der Waals surface area contributed by atoms with Crippen LogP contribution < -0.4 is 10.6 Å². The minimum atomic E-state index is 0.0201. The fourth-order valence-corrected chi connectivity index (χ4v) is 5.43. The highest BCUT2D eigenvalue weighted by Crippen LogP contribution is 2.27. The molecule has 32 heavy (non-hydrogen) atoms. The zero-order chi connectivity index (χ0) is 22.2. The van der Waals surface area contributed by atoms with Gasteiger partial charge in [0.2, 0.25) is 0 Å². The Hall–Kier alpha value is -2.32. The molecule has 2 aromatic rings. The Morgan fingerprint density at radius 3 is 1.50 bits per heavy atom. The van der Waals surface area contributed by atoms with Gasteiger partial charge in [-0.15, -0.1) is 0 Å². The van der Waals surface area contributed by atoms with Gasteiger partial charge >= 0.3 is 0 Å². The summed E-state index contributed by atoms with van der Waals surface area (Å²) in [6.07, 6.45) is 0.0402. The molecule has 2 aliphatic heterocycles. The topological polar surface area (TPSA) is 67.2 Å². The molecule has 2 aliphatic rings. The molecule has 2 saturated heterocycles. The van der Waals surface area contributed by atoms with Crippen molar-refractivity contribution in [1.82, 2.24) is 10.6 Å². The molecule has 2 fully saturated rings. The number of benzene rings is 2. The molecule has 0 saturated carbocycles. The van der Waals surface area contributed by atoms with E-state index in [0.29, 0.717) is 12.0 Å². The van der Waals surface area contributed by atoms with E-state index in [1.54, 1.807) is 0 Å². The van der Waals surface area contributed by atoms with E-state index in [1.165, 1.54) is 11.1 Å². The van der Waals surface area contributed by atoms with Crippen LogP contribution in [0.5, 0.6) is 0 Å². The molecule has 2 heterocycles. The summed E-state index contributed by atoms with van der Waals surface area (Å²) < 4.78 is 12.0. The van der Waals surface area contributed by atoms with Crippen LogP contribution >= 0.6 is 21.6 Å². The summed E-state index contributed by atoms with van der Waals surface area (Å²) in [5.74, 6) is 1.87. The third-order valence-electron chi connectivity index (χ3n) is 5.29. The van der Waals surface area contributed by atoms with Crippen molar-refractivity contribution in [2.45, 2.75) is 38.1 Å². The van der Waals surface area contributed by atoms with Crippen molar-refractivity contribution >= 4 is 33.6 Å². The smallest absolute Gasteiger partial charge is 0.285 e. The number of aliphatic imine (C=N–C) groups is 2. The lowest BCUT2D eigenvalue weighted by Crippen LogP contribution is -2.25. The lowest BCUT2D eigenvalue weighted by molar-refractivity contribution is 0.209. The van der Waals surface area contributed by atoms with Gasteiger partial charge < -0.3 is 20.1 Å². The Morgan fingerprint density at radius 2 is 1.09 bits per heavy atom. The van der Waals surface area contributed by atoms with Crippen LogP contribution in [0.15, 0.2) is 70.6 Å². The molecule has 0 aliphatic carbocycles. The maximum absolute atomic E-state index is 6.00. The van der Waals surface area contributed by atoms with E-state index in [9.17, 15) is 0 Å². The Balaban J connectivity index is 1.11. The zero-order valence-electron chi connectivity index (χ0n) is 18.4. The molecular weight excluding hydrogens is 440 g/mol. The number of ether oxygens (including phenoxy) is 2. The predicted octanol–water partition coefficient (Wildman–Crippen LogP) is 4.58. The van der Waals surface area contributed by atoms with E-state index < -0.39 is 0 Å². The third-order valence-corrected chi connectivity index (χ3v) is 7.65. The highest BCUT2D eigenvalue weighted by molar-refractivity contribution is 8.76. The fourth-order valence-electron chi connectivity index (χ4n) is 3.71.